The number of aromatic nitrogens is 1. The van der Waals surface area contributed by atoms with E-state index in [1.807, 2.05) is 12.3 Å². The number of rotatable bonds is 5. The molecule has 1 fully saturated rings. The number of Topliss-reactive ketones (excluding diaryl/α,β-unsaturated/α-hetero) is 1. The normalized spacial score (nSPS) is 23.2. The first-order valence-corrected chi connectivity index (χ1v) is 6.92. The summed E-state index contributed by atoms with van der Waals surface area (Å²) in [4.78, 5) is 16.8. The molecule has 1 N–H and O–H groups in total. The van der Waals surface area contributed by atoms with E-state index in [-0.39, 0.29) is 5.54 Å². The molecule has 1 aliphatic heterocycles. The first-order chi connectivity index (χ1) is 8.70. The van der Waals surface area contributed by atoms with E-state index >= 15 is 0 Å². The smallest absolute Gasteiger partial charge is 0.158 e. The fourth-order valence-electron chi connectivity index (χ4n) is 2.65. The van der Waals surface area contributed by atoms with Gasteiger partial charge in [0.2, 0.25) is 0 Å². The predicted molar refractivity (Wildman–Crippen MR) is 72.6 cm³/mol. The highest BCUT2D eigenvalue weighted by atomic mass is 16.1. The number of carbonyl (C=O) groups is 1. The lowest BCUT2D eigenvalue weighted by Gasteiger charge is -2.26. The second kappa shape index (κ2) is 5.61. The maximum atomic E-state index is 12.4. The Balaban J connectivity index is 2.05. The van der Waals surface area contributed by atoms with E-state index in [1.54, 1.807) is 0 Å². The van der Waals surface area contributed by atoms with Crippen LogP contribution in [0, 0.1) is 0 Å². The van der Waals surface area contributed by atoms with E-state index in [9.17, 15) is 4.79 Å². The second-order valence-electron chi connectivity index (χ2n) is 5.08. The van der Waals surface area contributed by atoms with E-state index in [1.165, 1.54) is 5.56 Å². The highest BCUT2D eigenvalue weighted by Crippen LogP contribution is 2.25. The molecule has 0 bridgehead atoms. The fraction of sp³-hybridized carbons (Fsp3) is 0.600. The van der Waals surface area contributed by atoms with Gasteiger partial charge in [-0.2, -0.15) is 0 Å². The van der Waals surface area contributed by atoms with Gasteiger partial charge in [-0.3, -0.25) is 9.78 Å². The highest BCUT2D eigenvalue weighted by molar-refractivity contribution is 5.90. The average Bonchev–Trinajstić information content (AvgIpc) is 2.89. The Morgan fingerprint density at radius 2 is 2.28 bits per heavy atom. The lowest BCUT2D eigenvalue weighted by molar-refractivity contribution is -0.124. The summed E-state index contributed by atoms with van der Waals surface area (Å²) in [6, 6.07) is 4.05. The summed E-state index contributed by atoms with van der Waals surface area (Å²) in [5.41, 5.74) is 1.82. The van der Waals surface area contributed by atoms with Crippen molar-refractivity contribution in [1.29, 1.82) is 0 Å². The maximum absolute atomic E-state index is 12.4. The van der Waals surface area contributed by atoms with E-state index in [0.717, 1.165) is 37.9 Å². The van der Waals surface area contributed by atoms with Crippen LogP contribution in [0.5, 0.6) is 0 Å². The van der Waals surface area contributed by atoms with Crippen LogP contribution in [0.15, 0.2) is 18.3 Å². The van der Waals surface area contributed by atoms with Gasteiger partial charge in [-0.1, -0.05) is 19.9 Å². The van der Waals surface area contributed by atoms with Gasteiger partial charge < -0.3 is 5.32 Å². The molecule has 1 atom stereocenters. The molecule has 0 saturated carbocycles. The van der Waals surface area contributed by atoms with Gasteiger partial charge in [0.1, 0.15) is 0 Å². The first kappa shape index (κ1) is 13.2. The number of pyridine rings is 1. The summed E-state index contributed by atoms with van der Waals surface area (Å²) in [6.07, 6.45) is 6.26. The number of aryl methyl sites for hydroxylation is 1. The monoisotopic (exact) mass is 246 g/mol. The fourth-order valence-corrected chi connectivity index (χ4v) is 2.65. The second-order valence-corrected chi connectivity index (χ2v) is 5.08. The van der Waals surface area contributed by atoms with Crippen LogP contribution < -0.4 is 5.32 Å². The van der Waals surface area contributed by atoms with Crippen LogP contribution >= 0.6 is 0 Å². The molecular weight excluding hydrogens is 224 g/mol. The van der Waals surface area contributed by atoms with Crippen molar-refractivity contribution in [2.75, 3.05) is 6.54 Å². The lowest BCUT2D eigenvalue weighted by Crippen LogP contribution is -2.47. The molecule has 0 amide bonds. The molecule has 1 aromatic heterocycles. The zero-order chi connectivity index (χ0) is 13.0. The Bertz CT molecular complexity index is 405. The number of hydrogen-bond donors (Lipinski definition) is 1. The number of nitrogens with one attached hydrogen (secondary N) is 1. The minimum Gasteiger partial charge on any atom is -0.305 e. The minimum absolute atomic E-state index is 0.287. The molecule has 2 heterocycles. The largest absolute Gasteiger partial charge is 0.305 e. The van der Waals surface area contributed by atoms with Crippen molar-refractivity contribution in [3.05, 3.63) is 29.6 Å². The molecule has 2 rings (SSSR count). The molecule has 1 unspecified atom stereocenters. The maximum Gasteiger partial charge on any atom is 0.158 e. The molecule has 0 spiro atoms. The lowest BCUT2D eigenvalue weighted by atomic mass is 9.87. The van der Waals surface area contributed by atoms with Gasteiger partial charge in [0.25, 0.3) is 0 Å². The van der Waals surface area contributed by atoms with Crippen molar-refractivity contribution in [2.45, 2.75) is 51.5 Å². The van der Waals surface area contributed by atoms with Gasteiger partial charge >= 0.3 is 0 Å². The van der Waals surface area contributed by atoms with Gasteiger partial charge in [0.15, 0.2) is 5.78 Å². The van der Waals surface area contributed by atoms with Crippen molar-refractivity contribution in [1.82, 2.24) is 10.3 Å². The van der Waals surface area contributed by atoms with Crippen LogP contribution in [0.4, 0.5) is 0 Å². The van der Waals surface area contributed by atoms with Crippen LogP contribution in [0.1, 0.15) is 44.4 Å². The molecule has 3 nitrogen and oxygen atoms in total. The molecular formula is C15H22N2O. The van der Waals surface area contributed by atoms with Crippen molar-refractivity contribution in [3.63, 3.8) is 0 Å². The topological polar surface area (TPSA) is 42.0 Å². The summed E-state index contributed by atoms with van der Waals surface area (Å²) in [6.45, 7) is 5.15. The minimum atomic E-state index is -0.287. The molecule has 0 radical (unpaired) electrons. The summed E-state index contributed by atoms with van der Waals surface area (Å²) in [7, 11) is 0. The molecule has 1 aliphatic rings. The predicted octanol–water partition coefficient (Wildman–Crippen LogP) is 2.29. The van der Waals surface area contributed by atoms with Crippen molar-refractivity contribution >= 4 is 5.78 Å². The quantitative estimate of drug-likeness (QED) is 0.866. The molecule has 1 saturated heterocycles. The van der Waals surface area contributed by atoms with Crippen molar-refractivity contribution < 1.29 is 4.79 Å². The summed E-state index contributed by atoms with van der Waals surface area (Å²) in [5, 5.41) is 3.39. The van der Waals surface area contributed by atoms with Crippen LogP contribution in [0.2, 0.25) is 0 Å². The zero-order valence-electron chi connectivity index (χ0n) is 11.3. The molecule has 98 valence electrons. The number of ketones is 1. The third-order valence-corrected chi connectivity index (χ3v) is 4.02. The average molecular weight is 246 g/mol. The molecule has 0 aromatic carbocycles. The molecule has 0 aliphatic carbocycles. The molecule has 1 aromatic rings. The Morgan fingerprint density at radius 3 is 2.78 bits per heavy atom. The standard InChI is InChI=1S/C15H22N2O/c1-3-12-6-7-13(16-11-12)10-14(18)15(4-2)8-5-9-17-15/h6-7,11,17H,3-5,8-10H2,1-2H3. The number of carbonyl (C=O) groups excluding carboxylic acids is 1. The SMILES string of the molecule is CCc1ccc(CC(=O)C2(CC)CCCN2)nc1. The Hall–Kier alpha value is -1.22. The van der Waals surface area contributed by atoms with E-state index in [0.29, 0.717) is 12.2 Å². The number of hydrogen-bond acceptors (Lipinski definition) is 3. The van der Waals surface area contributed by atoms with Crippen LogP contribution in [0.25, 0.3) is 0 Å². The summed E-state index contributed by atoms with van der Waals surface area (Å²) in [5.74, 6) is 0.291. The van der Waals surface area contributed by atoms with Gasteiger partial charge in [0.05, 0.1) is 12.0 Å². The Morgan fingerprint density at radius 1 is 1.44 bits per heavy atom. The zero-order valence-corrected chi connectivity index (χ0v) is 11.3. The van der Waals surface area contributed by atoms with Crippen LogP contribution in [-0.4, -0.2) is 22.9 Å². The summed E-state index contributed by atoms with van der Waals surface area (Å²) >= 11 is 0. The third kappa shape index (κ3) is 2.61. The molecule has 18 heavy (non-hydrogen) atoms. The van der Waals surface area contributed by atoms with Gasteiger partial charge in [-0.15, -0.1) is 0 Å². The van der Waals surface area contributed by atoms with Crippen LogP contribution in [0.3, 0.4) is 0 Å². The highest BCUT2D eigenvalue weighted by Gasteiger charge is 2.38. The third-order valence-electron chi connectivity index (χ3n) is 4.02. The Labute approximate surface area is 109 Å². The van der Waals surface area contributed by atoms with E-state index in [2.05, 4.69) is 30.2 Å². The van der Waals surface area contributed by atoms with Crippen molar-refractivity contribution in [2.24, 2.45) is 0 Å². The van der Waals surface area contributed by atoms with Crippen molar-refractivity contribution in [3.8, 4) is 0 Å². The van der Waals surface area contributed by atoms with Gasteiger partial charge in [0, 0.05) is 11.9 Å². The van der Waals surface area contributed by atoms with Gasteiger partial charge in [-0.05, 0) is 43.9 Å². The van der Waals surface area contributed by atoms with E-state index < -0.39 is 0 Å². The summed E-state index contributed by atoms with van der Waals surface area (Å²) < 4.78 is 0. The van der Waals surface area contributed by atoms with Crippen LogP contribution in [-0.2, 0) is 17.6 Å². The van der Waals surface area contributed by atoms with Gasteiger partial charge in [-0.25, -0.2) is 0 Å². The molecule has 3 heteroatoms. The van der Waals surface area contributed by atoms with E-state index in [4.69, 9.17) is 0 Å². The number of nitrogens with zero attached hydrogens (tertiary/aromatic N) is 1. The Kier molecular flexibility index (Phi) is 4.12. The first-order valence-electron chi connectivity index (χ1n) is 6.92.